The molecule has 0 atom stereocenters. The van der Waals surface area contributed by atoms with Gasteiger partial charge >= 0.3 is 0 Å². The van der Waals surface area contributed by atoms with Crippen molar-refractivity contribution in [2.75, 3.05) is 5.32 Å². The Kier molecular flexibility index (Phi) is 4.72. The van der Waals surface area contributed by atoms with Crippen molar-refractivity contribution in [3.8, 4) is 5.75 Å². The smallest absolute Gasteiger partial charge is 0.268 e. The van der Waals surface area contributed by atoms with Gasteiger partial charge in [-0.05, 0) is 36.4 Å². The van der Waals surface area contributed by atoms with E-state index in [0.717, 1.165) is 4.47 Å². The van der Waals surface area contributed by atoms with Crippen molar-refractivity contribution in [2.45, 2.75) is 6.54 Å². The second-order valence-corrected chi connectivity index (χ2v) is 6.32. The van der Waals surface area contributed by atoms with Crippen molar-refractivity contribution in [3.63, 3.8) is 0 Å². The summed E-state index contributed by atoms with van der Waals surface area (Å²) in [6.45, 7) is 3.88. The maximum Gasteiger partial charge on any atom is 0.268 e. The number of allylic oxidation sites excluding steroid dienone is 1. The summed E-state index contributed by atoms with van der Waals surface area (Å²) in [5, 5.41) is 13.6. The average molecular weight is 399 g/mol. The third kappa shape index (κ3) is 3.21. The fraction of sp³-hybridized carbons (Fsp3) is 0.0526. The van der Waals surface area contributed by atoms with E-state index in [2.05, 4.69) is 27.8 Å². The number of carbonyl (C=O) groups is 1. The molecule has 0 saturated carbocycles. The quantitative estimate of drug-likeness (QED) is 0.654. The van der Waals surface area contributed by atoms with Gasteiger partial charge in [0.25, 0.3) is 11.5 Å². The third-order valence-corrected chi connectivity index (χ3v) is 4.32. The number of rotatable bonds is 4. The molecular formula is C19H15BrN2O3. The predicted octanol–water partition coefficient (Wildman–Crippen LogP) is 3.91. The summed E-state index contributed by atoms with van der Waals surface area (Å²) in [6, 6.07) is 13.8. The van der Waals surface area contributed by atoms with Crippen LogP contribution in [0.25, 0.3) is 10.9 Å². The third-order valence-electron chi connectivity index (χ3n) is 3.79. The highest BCUT2D eigenvalue weighted by Gasteiger charge is 2.21. The van der Waals surface area contributed by atoms with Gasteiger partial charge in [0.1, 0.15) is 11.3 Å². The van der Waals surface area contributed by atoms with Crippen molar-refractivity contribution in [1.29, 1.82) is 0 Å². The van der Waals surface area contributed by atoms with Crippen LogP contribution in [0.4, 0.5) is 5.69 Å². The predicted molar refractivity (Wildman–Crippen MR) is 102 cm³/mol. The minimum atomic E-state index is -0.659. The fourth-order valence-electron chi connectivity index (χ4n) is 2.63. The van der Waals surface area contributed by atoms with Crippen molar-refractivity contribution in [1.82, 2.24) is 4.57 Å². The van der Waals surface area contributed by atoms with Crippen LogP contribution in [0, 0.1) is 0 Å². The molecule has 1 aromatic heterocycles. The van der Waals surface area contributed by atoms with Gasteiger partial charge in [-0.3, -0.25) is 9.59 Å². The molecule has 0 bridgehead atoms. The number of benzene rings is 2. The number of amides is 1. The summed E-state index contributed by atoms with van der Waals surface area (Å²) < 4.78 is 2.28. The highest BCUT2D eigenvalue weighted by Crippen LogP contribution is 2.27. The van der Waals surface area contributed by atoms with E-state index in [1.165, 1.54) is 4.57 Å². The Hall–Kier alpha value is -2.86. The molecule has 0 radical (unpaired) electrons. The summed E-state index contributed by atoms with van der Waals surface area (Å²) in [6.07, 6.45) is 1.57. The molecule has 0 aliphatic carbocycles. The minimum absolute atomic E-state index is 0.234. The van der Waals surface area contributed by atoms with Crippen LogP contribution in [0.15, 0.2) is 70.5 Å². The van der Waals surface area contributed by atoms with E-state index in [1.54, 1.807) is 54.6 Å². The number of pyridine rings is 1. The van der Waals surface area contributed by atoms with E-state index in [4.69, 9.17) is 0 Å². The zero-order valence-corrected chi connectivity index (χ0v) is 14.8. The molecule has 5 nitrogen and oxygen atoms in total. The summed E-state index contributed by atoms with van der Waals surface area (Å²) in [7, 11) is 0. The number of hydrogen-bond donors (Lipinski definition) is 2. The van der Waals surface area contributed by atoms with Crippen molar-refractivity contribution < 1.29 is 9.90 Å². The van der Waals surface area contributed by atoms with Crippen LogP contribution in [0.1, 0.15) is 10.4 Å². The molecule has 126 valence electrons. The molecule has 0 aliphatic heterocycles. The van der Waals surface area contributed by atoms with Gasteiger partial charge in [-0.15, -0.1) is 6.58 Å². The molecule has 25 heavy (non-hydrogen) atoms. The molecule has 2 N–H and O–H groups in total. The first-order valence-electron chi connectivity index (χ1n) is 7.55. The van der Waals surface area contributed by atoms with E-state index in [1.807, 2.05) is 0 Å². The first-order valence-corrected chi connectivity index (χ1v) is 8.34. The SMILES string of the molecule is C=CCn1c(=O)c(C(=O)Nc2ccc(Br)cc2)c(O)c2ccccc21. The van der Waals surface area contributed by atoms with Crippen molar-refractivity contribution >= 4 is 38.4 Å². The van der Waals surface area contributed by atoms with Crippen molar-refractivity contribution in [3.05, 3.63) is 81.6 Å². The van der Waals surface area contributed by atoms with E-state index in [0.29, 0.717) is 16.6 Å². The standard InChI is InChI=1S/C19H15BrN2O3/c1-2-11-22-15-6-4-3-5-14(15)17(23)16(19(22)25)18(24)21-13-9-7-12(20)8-10-13/h2-10,23H,1,11H2,(H,21,24). The number of anilines is 1. The van der Waals surface area contributed by atoms with Crippen LogP contribution in [0.2, 0.25) is 0 Å². The Labute approximate surface area is 152 Å². The van der Waals surface area contributed by atoms with Gasteiger partial charge in [0.2, 0.25) is 0 Å². The lowest BCUT2D eigenvalue weighted by Gasteiger charge is -2.13. The molecule has 0 saturated heterocycles. The first-order chi connectivity index (χ1) is 12.0. The second kappa shape index (κ2) is 6.94. The van der Waals surface area contributed by atoms with Gasteiger partial charge in [-0.2, -0.15) is 0 Å². The van der Waals surface area contributed by atoms with Gasteiger partial charge in [0.15, 0.2) is 0 Å². The monoisotopic (exact) mass is 398 g/mol. The van der Waals surface area contributed by atoms with Gasteiger partial charge in [-0.25, -0.2) is 0 Å². The molecule has 3 aromatic rings. The van der Waals surface area contributed by atoms with E-state index < -0.39 is 11.5 Å². The van der Waals surface area contributed by atoms with Crippen LogP contribution in [-0.2, 0) is 6.54 Å². The molecule has 3 rings (SSSR count). The van der Waals surface area contributed by atoms with Crippen molar-refractivity contribution in [2.24, 2.45) is 0 Å². The molecule has 0 spiro atoms. The molecule has 2 aromatic carbocycles. The molecule has 0 aliphatic rings. The number of fused-ring (bicyclic) bond motifs is 1. The lowest BCUT2D eigenvalue weighted by molar-refractivity contribution is 0.102. The molecule has 6 heteroatoms. The van der Waals surface area contributed by atoms with Gasteiger partial charge in [0.05, 0.1) is 5.52 Å². The van der Waals surface area contributed by atoms with Gasteiger partial charge < -0.3 is 15.0 Å². The number of para-hydroxylation sites is 1. The first kappa shape index (κ1) is 17.0. The van der Waals surface area contributed by atoms with Crippen LogP contribution >= 0.6 is 15.9 Å². The largest absolute Gasteiger partial charge is 0.506 e. The number of aromatic nitrogens is 1. The van der Waals surface area contributed by atoms with E-state index in [9.17, 15) is 14.7 Å². The van der Waals surface area contributed by atoms with E-state index in [-0.39, 0.29) is 17.9 Å². The summed E-state index contributed by atoms with van der Waals surface area (Å²) in [5.74, 6) is -0.982. The van der Waals surface area contributed by atoms with Gasteiger partial charge in [-0.1, -0.05) is 34.1 Å². The summed E-state index contributed by atoms with van der Waals surface area (Å²) >= 11 is 3.32. The topological polar surface area (TPSA) is 71.3 Å². The maximum atomic E-state index is 12.8. The van der Waals surface area contributed by atoms with Crippen LogP contribution in [0.5, 0.6) is 5.75 Å². The zero-order chi connectivity index (χ0) is 18.0. The lowest BCUT2D eigenvalue weighted by Crippen LogP contribution is -2.29. The number of halogens is 1. The molecule has 0 unspecified atom stereocenters. The Bertz CT molecular complexity index is 1020. The highest BCUT2D eigenvalue weighted by atomic mass is 79.9. The lowest BCUT2D eigenvalue weighted by atomic mass is 10.1. The fourth-order valence-corrected chi connectivity index (χ4v) is 2.90. The van der Waals surface area contributed by atoms with Crippen LogP contribution < -0.4 is 10.9 Å². The molecule has 1 heterocycles. The summed E-state index contributed by atoms with van der Waals surface area (Å²) in [4.78, 5) is 25.4. The Morgan fingerprint density at radius 2 is 1.88 bits per heavy atom. The normalized spacial score (nSPS) is 10.6. The molecular weight excluding hydrogens is 384 g/mol. The number of carbonyl (C=O) groups excluding carboxylic acids is 1. The molecule has 1 amide bonds. The second-order valence-electron chi connectivity index (χ2n) is 5.41. The Balaban J connectivity index is 2.14. The van der Waals surface area contributed by atoms with E-state index >= 15 is 0 Å². The number of nitrogens with one attached hydrogen (secondary N) is 1. The maximum absolute atomic E-state index is 12.8. The number of aromatic hydroxyl groups is 1. The average Bonchev–Trinajstić information content (AvgIpc) is 2.61. The molecule has 0 fully saturated rings. The minimum Gasteiger partial charge on any atom is -0.506 e. The Morgan fingerprint density at radius 3 is 2.56 bits per heavy atom. The number of hydrogen-bond acceptors (Lipinski definition) is 3. The highest BCUT2D eigenvalue weighted by molar-refractivity contribution is 9.10. The van der Waals surface area contributed by atoms with Crippen LogP contribution in [0.3, 0.4) is 0 Å². The zero-order valence-electron chi connectivity index (χ0n) is 13.2. The van der Waals surface area contributed by atoms with Crippen LogP contribution in [-0.4, -0.2) is 15.6 Å². The summed E-state index contributed by atoms with van der Waals surface area (Å²) in [5.41, 5.74) is 0.217. The van der Waals surface area contributed by atoms with Gasteiger partial charge in [0, 0.05) is 22.1 Å². The Morgan fingerprint density at radius 1 is 1.20 bits per heavy atom. The number of nitrogens with zero attached hydrogens (tertiary/aromatic N) is 1.